The number of hydrogen-bond donors (Lipinski definition) is 6. The van der Waals surface area contributed by atoms with Gasteiger partial charge in [0.25, 0.3) is 0 Å². The Labute approximate surface area is 677 Å². The van der Waals surface area contributed by atoms with Crippen molar-refractivity contribution in [2.24, 2.45) is 0 Å². The van der Waals surface area contributed by atoms with Crippen LogP contribution in [0.4, 0.5) is 17.1 Å². The van der Waals surface area contributed by atoms with E-state index in [0.29, 0.717) is 132 Å². The van der Waals surface area contributed by atoms with Crippen molar-refractivity contribution in [2.45, 2.75) is 62.9 Å². The topological polar surface area (TPSA) is 349 Å². The van der Waals surface area contributed by atoms with E-state index in [0.717, 1.165) is 142 Å². The number of sulfonamides is 1. The molecule has 0 saturated carbocycles. The molecule has 0 unspecified atom stereocenters. The van der Waals surface area contributed by atoms with Gasteiger partial charge in [0, 0.05) is 188 Å². The lowest BCUT2D eigenvalue weighted by atomic mass is 10.0. The van der Waals surface area contributed by atoms with Gasteiger partial charge in [0.15, 0.2) is 0 Å². The van der Waals surface area contributed by atoms with Gasteiger partial charge < -0.3 is 68.8 Å². The highest BCUT2D eigenvalue weighted by Crippen LogP contribution is 2.40. The Bertz CT molecular complexity index is 5920. The van der Waals surface area contributed by atoms with E-state index in [1.165, 1.54) is 36.5 Å². The predicted molar refractivity (Wildman–Crippen MR) is 448 cm³/mol. The van der Waals surface area contributed by atoms with Gasteiger partial charge in [-0.25, -0.2) is 8.42 Å². The first kappa shape index (κ1) is 78.2. The molecule has 0 aliphatic carbocycles. The number of H-pyrrole nitrogens is 3. The molecule has 6 aromatic heterocycles. The minimum atomic E-state index is -3.15. The molecule has 6 aliphatic rings. The molecule has 0 radical (unpaired) electrons. The molecular formula is C90H88N16O10S. The number of nitrogens with zero attached hydrogens (tertiary/aromatic N) is 13. The summed E-state index contributed by atoms with van der Waals surface area (Å²) in [7, 11) is -3.15. The fourth-order valence-corrected chi connectivity index (χ4v) is 16.9. The fraction of sp³-hybridized carbons (Fsp3) is 0.311. The molecular weight excluding hydrogens is 1500 g/mol. The lowest BCUT2D eigenvalue weighted by Crippen LogP contribution is -2.51. The number of anilines is 3. The van der Waals surface area contributed by atoms with Crippen LogP contribution in [0.5, 0.6) is 17.2 Å². The van der Waals surface area contributed by atoms with Gasteiger partial charge in [0.1, 0.15) is 66.9 Å². The van der Waals surface area contributed by atoms with E-state index >= 15 is 0 Å². The molecule has 12 aromatic rings. The number of ether oxygens (including phenoxy) is 4. The summed E-state index contributed by atoms with van der Waals surface area (Å²) >= 11 is 0. The lowest BCUT2D eigenvalue weighted by Gasteiger charge is -2.38. The first-order valence-electron chi connectivity index (χ1n) is 39.6. The molecule has 1 amide bonds. The van der Waals surface area contributed by atoms with Crippen molar-refractivity contribution >= 4 is 65.7 Å². The van der Waals surface area contributed by atoms with Crippen molar-refractivity contribution in [3.8, 4) is 109 Å². The van der Waals surface area contributed by atoms with Gasteiger partial charge in [-0.15, -0.1) is 0 Å². The van der Waals surface area contributed by atoms with Crippen LogP contribution in [0.25, 0.3) is 100 Å². The molecule has 6 fully saturated rings. The van der Waals surface area contributed by atoms with Crippen LogP contribution in [0, 0.1) is 45.3 Å². The molecule has 117 heavy (non-hydrogen) atoms. The summed E-state index contributed by atoms with van der Waals surface area (Å²) in [6.45, 7) is 10.4. The van der Waals surface area contributed by atoms with Gasteiger partial charge in [-0.3, -0.25) is 24.6 Å². The number of aromatic amines is 3. The number of hydrogen-bond acceptors (Lipinski definition) is 21. The summed E-state index contributed by atoms with van der Waals surface area (Å²) in [5, 5.41) is 70.4. The second-order valence-corrected chi connectivity index (χ2v) is 32.2. The Morgan fingerprint density at radius 2 is 0.915 bits per heavy atom. The molecule has 26 nitrogen and oxygen atoms in total. The van der Waals surface area contributed by atoms with Crippen LogP contribution in [0.2, 0.25) is 0 Å². The van der Waals surface area contributed by atoms with Crippen LogP contribution < -0.4 is 28.9 Å². The number of piperazine rings is 1. The van der Waals surface area contributed by atoms with Gasteiger partial charge >= 0.3 is 0 Å². The number of aromatic nitrogens is 6. The second-order valence-electron chi connectivity index (χ2n) is 30.3. The number of piperidine rings is 1. The number of amides is 1. The van der Waals surface area contributed by atoms with Crippen molar-refractivity contribution in [1.29, 1.82) is 21.0 Å². The number of carbonyl (C=O) groups is 1. The Balaban J connectivity index is 0.000000132. The number of likely N-dealkylation sites (tertiary alicyclic amines) is 2. The molecule has 0 bridgehead atoms. The molecule has 6 N–H and O–H groups in total. The third kappa shape index (κ3) is 17.5. The van der Waals surface area contributed by atoms with E-state index in [1.54, 1.807) is 23.5 Å². The van der Waals surface area contributed by atoms with Gasteiger partial charge in [-0.2, -0.15) is 25.4 Å². The monoisotopic (exact) mass is 1580 g/mol. The van der Waals surface area contributed by atoms with Crippen molar-refractivity contribution in [3.63, 3.8) is 0 Å². The third-order valence-electron chi connectivity index (χ3n) is 22.6. The number of aliphatic hydroxyl groups is 3. The average Bonchev–Trinajstić information content (AvgIpc) is 1.67. The van der Waals surface area contributed by atoms with Crippen LogP contribution in [-0.4, -0.2) is 216 Å². The Morgan fingerprint density at radius 1 is 0.496 bits per heavy atom. The van der Waals surface area contributed by atoms with Crippen LogP contribution in [0.3, 0.4) is 0 Å². The third-order valence-corrected chi connectivity index (χ3v) is 23.9. The lowest BCUT2D eigenvalue weighted by molar-refractivity contribution is -0.135. The molecule has 27 heteroatoms. The van der Waals surface area contributed by atoms with Crippen molar-refractivity contribution in [2.75, 3.05) is 132 Å². The van der Waals surface area contributed by atoms with E-state index in [2.05, 4.69) is 113 Å². The highest BCUT2D eigenvalue weighted by atomic mass is 32.2. The molecule has 6 aromatic carbocycles. The van der Waals surface area contributed by atoms with Gasteiger partial charge in [0.2, 0.25) is 15.9 Å². The zero-order valence-corrected chi connectivity index (χ0v) is 65.6. The van der Waals surface area contributed by atoms with Crippen LogP contribution in [0.1, 0.15) is 60.8 Å². The summed E-state index contributed by atoms with van der Waals surface area (Å²) in [6.07, 6.45) is 11.3. The number of aliphatic hydroxyl groups excluding tert-OH is 3. The van der Waals surface area contributed by atoms with E-state index in [-0.39, 0.29) is 30.3 Å². The normalized spacial score (nSPS) is 16.4. The second kappa shape index (κ2) is 34.8. The standard InChI is InChI=1S/C33H35N5O4.C30H31N5O4S.C27H22N6O2/c34-21-25-19-24(5-8-31(25)42-27-10-15-38(16-11-27)32(40)22-39)33-28-20-30(36-29(28)9-12-35-33)23-3-6-26(7-4-23)41-18-17-37-13-1-2-14-37;1-40(36,37)35-14-12-34(13-15-35)24-5-2-21(3-6-24)28-19-26-27(33-28)8-11-32-30(26)22-4-7-29(23(18-22)20-31)39-25-9-16-38-17-10-25;28-10-18-7-16(1-3-25(18)32-12-20(34)13-32)24-9-22-23(31-24)5-6-30-27(22)17-2-4-26(19(8-17)11-29)33-14-21(35)15-33/h3-9,12,19-20,27,36,39H,1-2,10-11,13-18,22H2;2-8,11,18-19,25,33H,9-10,12-17H2,1H3;1-9,20-21,31,34-35H,12-15H2. The molecule has 6 aliphatic heterocycles. The molecule has 18 rings (SSSR count). The highest BCUT2D eigenvalue weighted by Gasteiger charge is 2.31. The number of pyridine rings is 3. The maximum Gasteiger partial charge on any atom is 0.248 e. The van der Waals surface area contributed by atoms with Crippen molar-refractivity contribution in [1.82, 2.24) is 44.0 Å². The first-order chi connectivity index (χ1) is 57.0. The number of nitriles is 4. The van der Waals surface area contributed by atoms with E-state index in [9.17, 15) is 44.5 Å². The largest absolute Gasteiger partial charge is 0.492 e. The van der Waals surface area contributed by atoms with Crippen molar-refractivity contribution < 1.29 is 47.5 Å². The average molecular weight is 1590 g/mol. The molecule has 6 saturated heterocycles. The molecule has 594 valence electrons. The Morgan fingerprint density at radius 3 is 1.37 bits per heavy atom. The number of nitrogens with one attached hydrogen (secondary N) is 3. The molecule has 0 atom stereocenters. The van der Waals surface area contributed by atoms with Crippen LogP contribution >= 0.6 is 0 Å². The van der Waals surface area contributed by atoms with Crippen LogP contribution in [0.15, 0.2) is 176 Å². The van der Waals surface area contributed by atoms with Gasteiger partial charge in [0.05, 0.1) is 82.4 Å². The van der Waals surface area contributed by atoms with Crippen LogP contribution in [-0.2, 0) is 19.6 Å². The predicted octanol–water partition coefficient (Wildman–Crippen LogP) is 12.0. The minimum absolute atomic E-state index is 0.0592. The number of rotatable bonds is 19. The zero-order chi connectivity index (χ0) is 80.7. The fourth-order valence-electron chi connectivity index (χ4n) is 16.1. The maximum absolute atomic E-state index is 11.8. The minimum Gasteiger partial charge on any atom is -0.492 e. The summed E-state index contributed by atoms with van der Waals surface area (Å²) in [5.41, 5.74) is 18.3. The molecule has 12 heterocycles. The number of fused-ring (bicyclic) bond motifs is 3. The van der Waals surface area contributed by atoms with Crippen molar-refractivity contribution in [3.05, 3.63) is 199 Å². The number of β-amino-alcohol motifs (C(OH)–C–C–N with tert-alkyl or cyclic N) is 2. The summed E-state index contributed by atoms with van der Waals surface area (Å²) in [5.74, 6) is 1.72. The number of carbonyl (C=O) groups excluding carboxylic acids is 1. The number of benzene rings is 6. The van der Waals surface area contributed by atoms with Gasteiger partial charge in [-0.05, 0) is 176 Å². The summed E-state index contributed by atoms with van der Waals surface area (Å²) in [6, 6.07) is 60.3. The Kier molecular flexibility index (Phi) is 23.3. The van der Waals surface area contributed by atoms with E-state index in [1.807, 2.05) is 119 Å². The zero-order valence-electron chi connectivity index (χ0n) is 64.7. The summed E-state index contributed by atoms with van der Waals surface area (Å²) < 4.78 is 48.9. The first-order valence-corrected chi connectivity index (χ1v) is 41.4. The van der Waals surface area contributed by atoms with E-state index < -0.39 is 16.6 Å². The smallest absolute Gasteiger partial charge is 0.248 e. The summed E-state index contributed by atoms with van der Waals surface area (Å²) in [4.78, 5) is 46.4. The van der Waals surface area contributed by atoms with Gasteiger partial charge in [-0.1, -0.05) is 24.3 Å². The quantitative estimate of drug-likeness (QED) is 0.0438. The molecule has 0 spiro atoms. The highest BCUT2D eigenvalue weighted by molar-refractivity contribution is 7.88. The Hall–Kier alpha value is -12.7. The SMILES string of the molecule is CS(=O)(=O)N1CCN(c2ccc(-c3cc4c(-c5ccc(OC6CCOCC6)c(C#N)c5)nccc4[nH]3)cc2)CC1.N#Cc1cc(-c2cc3c(-c4ccc(N5CC(O)C5)c(C#N)c4)nccc3[nH]2)ccc1N1CC(O)C1.N#Cc1cc(-c2nccc3[nH]c(-c4ccc(OCCN5CCCC5)cc4)cc23)ccc1OC1CCN(C(=O)CO)CC1. The van der Waals surface area contributed by atoms with E-state index in [4.69, 9.17) is 24.1 Å². The maximum atomic E-state index is 11.8.